The maximum absolute atomic E-state index is 12.8. The molecular formula is C9H16F2O. The number of hydrogen-bond acceptors (Lipinski definition) is 1. The summed E-state index contributed by atoms with van der Waals surface area (Å²) in [7, 11) is 0. The summed E-state index contributed by atoms with van der Waals surface area (Å²) < 4.78 is 25.7. The minimum atomic E-state index is -2.53. The van der Waals surface area contributed by atoms with E-state index >= 15 is 0 Å². The molecule has 3 heteroatoms. The SMILES string of the molecule is CCC(O)C1CCCC(F)(F)C1. The molecule has 1 nitrogen and oxygen atoms in total. The topological polar surface area (TPSA) is 20.2 Å². The van der Waals surface area contributed by atoms with Crippen molar-refractivity contribution < 1.29 is 13.9 Å². The quantitative estimate of drug-likeness (QED) is 0.689. The smallest absolute Gasteiger partial charge is 0.248 e. The second-order valence-corrected chi connectivity index (χ2v) is 3.69. The van der Waals surface area contributed by atoms with Crippen LogP contribution in [0.1, 0.15) is 39.0 Å². The molecule has 1 aliphatic carbocycles. The summed E-state index contributed by atoms with van der Waals surface area (Å²) >= 11 is 0. The third-order valence-electron chi connectivity index (χ3n) is 2.64. The van der Waals surface area contributed by atoms with Crippen LogP contribution in [-0.4, -0.2) is 17.1 Å². The summed E-state index contributed by atoms with van der Waals surface area (Å²) in [5.41, 5.74) is 0. The van der Waals surface area contributed by atoms with Crippen LogP contribution in [-0.2, 0) is 0 Å². The van der Waals surface area contributed by atoms with E-state index in [9.17, 15) is 13.9 Å². The van der Waals surface area contributed by atoms with Crippen molar-refractivity contribution in [1.82, 2.24) is 0 Å². The maximum atomic E-state index is 12.8. The highest BCUT2D eigenvalue weighted by Crippen LogP contribution is 2.38. The number of aliphatic hydroxyl groups is 1. The van der Waals surface area contributed by atoms with Gasteiger partial charge in [-0.05, 0) is 25.2 Å². The van der Waals surface area contributed by atoms with Crippen LogP contribution in [0.25, 0.3) is 0 Å². The van der Waals surface area contributed by atoms with Crippen molar-refractivity contribution in [3.8, 4) is 0 Å². The van der Waals surface area contributed by atoms with Crippen molar-refractivity contribution in [2.75, 3.05) is 0 Å². The molecule has 0 aromatic heterocycles. The Hall–Kier alpha value is -0.180. The summed E-state index contributed by atoms with van der Waals surface area (Å²) in [6.45, 7) is 1.83. The fourth-order valence-corrected chi connectivity index (χ4v) is 1.87. The van der Waals surface area contributed by atoms with Crippen molar-refractivity contribution >= 4 is 0 Å². The molecule has 0 saturated heterocycles. The molecule has 0 aliphatic heterocycles. The van der Waals surface area contributed by atoms with Crippen molar-refractivity contribution in [2.24, 2.45) is 5.92 Å². The lowest BCUT2D eigenvalue weighted by molar-refractivity contribution is -0.0757. The molecule has 0 radical (unpaired) electrons. The van der Waals surface area contributed by atoms with E-state index in [2.05, 4.69) is 0 Å². The van der Waals surface area contributed by atoms with Gasteiger partial charge in [-0.15, -0.1) is 0 Å². The third-order valence-corrected chi connectivity index (χ3v) is 2.64. The van der Waals surface area contributed by atoms with E-state index in [1.807, 2.05) is 6.92 Å². The standard InChI is InChI=1S/C9H16F2O/c1-2-8(12)7-4-3-5-9(10,11)6-7/h7-8,12H,2-6H2,1H3. The number of halogens is 2. The number of hydrogen-bond donors (Lipinski definition) is 1. The number of aliphatic hydroxyl groups excluding tert-OH is 1. The van der Waals surface area contributed by atoms with Gasteiger partial charge in [-0.25, -0.2) is 8.78 Å². The maximum Gasteiger partial charge on any atom is 0.248 e. The lowest BCUT2D eigenvalue weighted by Gasteiger charge is -2.31. The summed E-state index contributed by atoms with van der Waals surface area (Å²) in [6, 6.07) is 0. The Morgan fingerprint density at radius 3 is 2.75 bits per heavy atom. The van der Waals surface area contributed by atoms with E-state index in [0.29, 0.717) is 12.8 Å². The van der Waals surface area contributed by atoms with Gasteiger partial charge >= 0.3 is 0 Å². The van der Waals surface area contributed by atoms with Gasteiger partial charge in [-0.1, -0.05) is 6.92 Å². The van der Waals surface area contributed by atoms with E-state index in [1.165, 1.54) is 0 Å². The average Bonchev–Trinajstić information content (AvgIpc) is 2.01. The van der Waals surface area contributed by atoms with Crippen LogP contribution in [0, 0.1) is 5.92 Å². The van der Waals surface area contributed by atoms with E-state index in [1.54, 1.807) is 0 Å². The van der Waals surface area contributed by atoms with Crippen LogP contribution >= 0.6 is 0 Å². The lowest BCUT2D eigenvalue weighted by Crippen LogP contribution is -2.32. The molecule has 0 aromatic rings. The van der Waals surface area contributed by atoms with E-state index in [-0.39, 0.29) is 18.8 Å². The Kier molecular flexibility index (Phi) is 3.04. The van der Waals surface area contributed by atoms with Gasteiger partial charge in [-0.2, -0.15) is 0 Å². The van der Waals surface area contributed by atoms with E-state index < -0.39 is 12.0 Å². The first-order chi connectivity index (χ1) is 5.55. The summed E-state index contributed by atoms with van der Waals surface area (Å²) in [5.74, 6) is -2.71. The highest BCUT2D eigenvalue weighted by atomic mass is 19.3. The molecule has 0 spiro atoms. The molecule has 2 atom stereocenters. The third kappa shape index (κ3) is 2.41. The Morgan fingerprint density at radius 1 is 1.58 bits per heavy atom. The first-order valence-electron chi connectivity index (χ1n) is 4.61. The number of rotatable bonds is 2. The Labute approximate surface area is 71.8 Å². The molecule has 2 unspecified atom stereocenters. The van der Waals surface area contributed by atoms with E-state index in [4.69, 9.17) is 0 Å². The Balaban J connectivity index is 2.46. The van der Waals surface area contributed by atoms with Crippen LogP contribution in [0.2, 0.25) is 0 Å². The molecule has 12 heavy (non-hydrogen) atoms. The van der Waals surface area contributed by atoms with Crippen LogP contribution in [0.3, 0.4) is 0 Å². The van der Waals surface area contributed by atoms with Gasteiger partial charge < -0.3 is 5.11 Å². The highest BCUT2D eigenvalue weighted by Gasteiger charge is 2.38. The van der Waals surface area contributed by atoms with Crippen LogP contribution in [0.15, 0.2) is 0 Å². The zero-order valence-corrected chi connectivity index (χ0v) is 7.39. The number of alkyl halides is 2. The van der Waals surface area contributed by atoms with Crippen molar-refractivity contribution in [1.29, 1.82) is 0 Å². The summed E-state index contributed by atoms with van der Waals surface area (Å²) in [6.07, 6.45) is 1.23. The molecule has 1 aliphatic rings. The van der Waals surface area contributed by atoms with Gasteiger partial charge in [0.2, 0.25) is 5.92 Å². The first-order valence-corrected chi connectivity index (χ1v) is 4.61. The fraction of sp³-hybridized carbons (Fsp3) is 1.00. The van der Waals surface area contributed by atoms with Gasteiger partial charge in [0.05, 0.1) is 6.10 Å². The fourth-order valence-electron chi connectivity index (χ4n) is 1.87. The second-order valence-electron chi connectivity index (χ2n) is 3.69. The van der Waals surface area contributed by atoms with Crippen molar-refractivity contribution in [3.05, 3.63) is 0 Å². The Bertz CT molecular complexity index is 147. The molecule has 1 N–H and O–H groups in total. The van der Waals surface area contributed by atoms with Gasteiger partial charge in [0, 0.05) is 12.8 Å². The van der Waals surface area contributed by atoms with Gasteiger partial charge in [0.25, 0.3) is 0 Å². The minimum absolute atomic E-state index is 0.0000652. The van der Waals surface area contributed by atoms with Gasteiger partial charge in [0.1, 0.15) is 0 Å². The minimum Gasteiger partial charge on any atom is -0.393 e. The van der Waals surface area contributed by atoms with Crippen molar-refractivity contribution in [3.63, 3.8) is 0 Å². The zero-order chi connectivity index (χ0) is 9.19. The lowest BCUT2D eigenvalue weighted by atomic mass is 9.82. The predicted molar refractivity (Wildman–Crippen MR) is 43.2 cm³/mol. The Morgan fingerprint density at radius 2 is 2.25 bits per heavy atom. The molecule has 0 heterocycles. The molecular weight excluding hydrogens is 162 g/mol. The van der Waals surface area contributed by atoms with Crippen LogP contribution in [0.5, 0.6) is 0 Å². The average molecular weight is 178 g/mol. The normalized spacial score (nSPS) is 31.5. The molecule has 72 valence electrons. The second kappa shape index (κ2) is 3.69. The molecule has 0 bridgehead atoms. The predicted octanol–water partition coefficient (Wildman–Crippen LogP) is 2.58. The highest BCUT2D eigenvalue weighted by molar-refractivity contribution is 4.81. The molecule has 1 rings (SSSR count). The molecule has 1 fully saturated rings. The van der Waals surface area contributed by atoms with E-state index in [0.717, 1.165) is 6.42 Å². The largest absolute Gasteiger partial charge is 0.393 e. The van der Waals surface area contributed by atoms with Gasteiger partial charge in [0.15, 0.2) is 0 Å². The van der Waals surface area contributed by atoms with Crippen LogP contribution < -0.4 is 0 Å². The first kappa shape index (κ1) is 9.90. The molecule has 0 aromatic carbocycles. The monoisotopic (exact) mass is 178 g/mol. The molecule has 0 amide bonds. The zero-order valence-electron chi connectivity index (χ0n) is 7.39. The summed E-state index contributed by atoms with van der Waals surface area (Å²) in [5, 5.41) is 9.38. The summed E-state index contributed by atoms with van der Waals surface area (Å²) in [4.78, 5) is 0. The van der Waals surface area contributed by atoms with Gasteiger partial charge in [-0.3, -0.25) is 0 Å². The molecule has 1 saturated carbocycles. The van der Waals surface area contributed by atoms with Crippen molar-refractivity contribution in [2.45, 2.75) is 51.1 Å². The van der Waals surface area contributed by atoms with Crippen LogP contribution in [0.4, 0.5) is 8.78 Å².